The fourth-order valence-electron chi connectivity index (χ4n) is 2.08. The number of aryl methyl sites for hydroxylation is 3. The minimum Gasteiger partial charge on any atom is -0.426 e. The SMILES string of the molecule is CC(=O)Oc1ccc(Nc2nc(C)cc(C)c2N)cc1C. The van der Waals surface area contributed by atoms with E-state index in [2.05, 4.69) is 10.3 Å². The van der Waals surface area contributed by atoms with Crippen LogP contribution in [0.2, 0.25) is 0 Å². The fourth-order valence-corrected chi connectivity index (χ4v) is 2.08. The molecule has 2 rings (SSSR count). The van der Waals surface area contributed by atoms with Gasteiger partial charge in [-0.05, 0) is 56.2 Å². The van der Waals surface area contributed by atoms with Crippen LogP contribution in [-0.4, -0.2) is 11.0 Å². The van der Waals surface area contributed by atoms with Crippen molar-refractivity contribution in [3.8, 4) is 5.75 Å². The topological polar surface area (TPSA) is 77.2 Å². The quantitative estimate of drug-likeness (QED) is 0.668. The number of carbonyl (C=O) groups is 1. The number of carbonyl (C=O) groups excluding carboxylic acids is 1. The molecule has 21 heavy (non-hydrogen) atoms. The Balaban J connectivity index is 2.28. The van der Waals surface area contributed by atoms with E-state index in [-0.39, 0.29) is 5.97 Å². The van der Waals surface area contributed by atoms with Gasteiger partial charge in [0.2, 0.25) is 0 Å². The van der Waals surface area contributed by atoms with Crippen molar-refractivity contribution in [2.75, 3.05) is 11.1 Å². The van der Waals surface area contributed by atoms with Gasteiger partial charge in [0.1, 0.15) is 5.75 Å². The van der Waals surface area contributed by atoms with Crippen molar-refractivity contribution in [3.63, 3.8) is 0 Å². The highest BCUT2D eigenvalue weighted by atomic mass is 16.5. The van der Waals surface area contributed by atoms with E-state index in [0.717, 1.165) is 22.5 Å². The van der Waals surface area contributed by atoms with Crippen LogP contribution in [0.1, 0.15) is 23.7 Å². The summed E-state index contributed by atoms with van der Waals surface area (Å²) >= 11 is 0. The zero-order valence-corrected chi connectivity index (χ0v) is 12.7. The van der Waals surface area contributed by atoms with Gasteiger partial charge in [-0.15, -0.1) is 0 Å². The van der Waals surface area contributed by atoms with Crippen molar-refractivity contribution in [1.82, 2.24) is 4.98 Å². The lowest BCUT2D eigenvalue weighted by molar-refractivity contribution is -0.131. The van der Waals surface area contributed by atoms with Gasteiger partial charge in [-0.1, -0.05) is 0 Å². The van der Waals surface area contributed by atoms with E-state index in [1.807, 2.05) is 39.0 Å². The van der Waals surface area contributed by atoms with Crippen molar-refractivity contribution in [3.05, 3.63) is 41.1 Å². The molecular weight excluding hydrogens is 266 g/mol. The zero-order valence-electron chi connectivity index (χ0n) is 12.7. The summed E-state index contributed by atoms with van der Waals surface area (Å²) in [5.74, 6) is 0.848. The molecule has 1 aromatic carbocycles. The number of rotatable bonds is 3. The Labute approximate surface area is 124 Å². The molecule has 0 saturated heterocycles. The molecular formula is C16H19N3O2. The zero-order chi connectivity index (χ0) is 15.6. The summed E-state index contributed by atoms with van der Waals surface area (Å²) in [6.45, 7) is 7.13. The van der Waals surface area contributed by atoms with Crippen molar-refractivity contribution >= 4 is 23.2 Å². The molecule has 0 bridgehead atoms. The van der Waals surface area contributed by atoms with Gasteiger partial charge in [-0.3, -0.25) is 4.79 Å². The van der Waals surface area contributed by atoms with E-state index in [1.165, 1.54) is 6.92 Å². The van der Waals surface area contributed by atoms with Crippen LogP contribution in [0, 0.1) is 20.8 Å². The Morgan fingerprint density at radius 1 is 1.19 bits per heavy atom. The Kier molecular flexibility index (Phi) is 4.12. The first-order valence-electron chi connectivity index (χ1n) is 6.66. The molecule has 2 aromatic rings. The lowest BCUT2D eigenvalue weighted by atomic mass is 10.2. The maximum atomic E-state index is 11.0. The molecule has 1 aromatic heterocycles. The van der Waals surface area contributed by atoms with E-state index in [4.69, 9.17) is 10.5 Å². The molecule has 0 aliphatic heterocycles. The summed E-state index contributed by atoms with van der Waals surface area (Å²) in [7, 11) is 0. The Hall–Kier alpha value is -2.56. The minimum atomic E-state index is -0.334. The lowest BCUT2D eigenvalue weighted by Crippen LogP contribution is -2.04. The maximum Gasteiger partial charge on any atom is 0.308 e. The molecule has 5 heteroatoms. The van der Waals surface area contributed by atoms with Crippen LogP contribution in [0.3, 0.4) is 0 Å². The number of aromatic nitrogens is 1. The van der Waals surface area contributed by atoms with Gasteiger partial charge in [0.05, 0.1) is 5.69 Å². The van der Waals surface area contributed by atoms with Crippen LogP contribution in [0.5, 0.6) is 5.75 Å². The van der Waals surface area contributed by atoms with Gasteiger partial charge in [-0.2, -0.15) is 0 Å². The van der Waals surface area contributed by atoms with Gasteiger partial charge >= 0.3 is 5.97 Å². The number of nitrogens with two attached hydrogens (primary N) is 1. The molecule has 0 aliphatic carbocycles. The third-order valence-electron chi connectivity index (χ3n) is 3.08. The van der Waals surface area contributed by atoms with E-state index in [0.29, 0.717) is 17.3 Å². The number of anilines is 3. The molecule has 1 heterocycles. The van der Waals surface area contributed by atoms with Crippen molar-refractivity contribution in [1.29, 1.82) is 0 Å². The fraction of sp³-hybridized carbons (Fsp3) is 0.250. The Bertz CT molecular complexity index is 696. The van der Waals surface area contributed by atoms with Crippen molar-refractivity contribution in [2.24, 2.45) is 0 Å². The third kappa shape index (κ3) is 3.51. The highest BCUT2D eigenvalue weighted by Gasteiger charge is 2.08. The first-order chi connectivity index (χ1) is 9.86. The van der Waals surface area contributed by atoms with Gasteiger partial charge in [-0.25, -0.2) is 4.98 Å². The number of hydrogen-bond donors (Lipinski definition) is 2. The first-order valence-corrected chi connectivity index (χ1v) is 6.66. The summed E-state index contributed by atoms with van der Waals surface area (Å²) in [5, 5.41) is 3.20. The lowest BCUT2D eigenvalue weighted by Gasteiger charge is -2.13. The average molecular weight is 285 g/mol. The van der Waals surface area contributed by atoms with E-state index in [9.17, 15) is 4.79 Å². The van der Waals surface area contributed by atoms with Gasteiger partial charge in [0.25, 0.3) is 0 Å². The normalized spacial score (nSPS) is 10.3. The largest absolute Gasteiger partial charge is 0.426 e. The summed E-state index contributed by atoms with van der Waals surface area (Å²) in [5.41, 5.74) is 10.3. The predicted octanol–water partition coefficient (Wildman–Crippen LogP) is 3.26. The number of ether oxygens (including phenoxy) is 1. The van der Waals surface area contributed by atoms with Crippen LogP contribution in [0.15, 0.2) is 24.3 Å². The van der Waals surface area contributed by atoms with E-state index < -0.39 is 0 Å². The second kappa shape index (κ2) is 5.83. The molecule has 0 fully saturated rings. The monoisotopic (exact) mass is 285 g/mol. The number of hydrogen-bond acceptors (Lipinski definition) is 5. The molecule has 3 N–H and O–H groups in total. The van der Waals surface area contributed by atoms with Crippen LogP contribution >= 0.6 is 0 Å². The molecule has 0 unspecified atom stereocenters. The highest BCUT2D eigenvalue weighted by Crippen LogP contribution is 2.27. The molecule has 0 spiro atoms. The number of pyridine rings is 1. The first kappa shape index (κ1) is 14.8. The minimum absolute atomic E-state index is 0.334. The Morgan fingerprint density at radius 3 is 2.52 bits per heavy atom. The summed E-state index contributed by atoms with van der Waals surface area (Å²) in [6.07, 6.45) is 0. The van der Waals surface area contributed by atoms with Crippen LogP contribution in [0.4, 0.5) is 17.2 Å². The second-order valence-electron chi connectivity index (χ2n) is 5.04. The number of nitrogens with one attached hydrogen (secondary N) is 1. The molecule has 0 radical (unpaired) electrons. The van der Waals surface area contributed by atoms with Crippen molar-refractivity contribution < 1.29 is 9.53 Å². The van der Waals surface area contributed by atoms with E-state index >= 15 is 0 Å². The average Bonchev–Trinajstić information content (AvgIpc) is 2.38. The highest BCUT2D eigenvalue weighted by molar-refractivity contribution is 5.73. The second-order valence-corrected chi connectivity index (χ2v) is 5.04. The summed E-state index contributed by atoms with van der Waals surface area (Å²) in [4.78, 5) is 15.4. The van der Waals surface area contributed by atoms with Crippen LogP contribution in [-0.2, 0) is 4.79 Å². The number of nitrogens with zero attached hydrogens (tertiary/aromatic N) is 1. The van der Waals surface area contributed by atoms with Gasteiger partial charge < -0.3 is 15.8 Å². The van der Waals surface area contributed by atoms with Gasteiger partial charge in [0, 0.05) is 18.3 Å². The maximum absolute atomic E-state index is 11.0. The number of esters is 1. The molecule has 0 atom stereocenters. The predicted molar refractivity (Wildman–Crippen MR) is 83.9 cm³/mol. The van der Waals surface area contributed by atoms with E-state index in [1.54, 1.807) is 6.07 Å². The Morgan fingerprint density at radius 2 is 1.90 bits per heavy atom. The number of benzene rings is 1. The van der Waals surface area contributed by atoms with Crippen LogP contribution < -0.4 is 15.8 Å². The summed E-state index contributed by atoms with van der Waals surface area (Å²) in [6, 6.07) is 7.40. The van der Waals surface area contributed by atoms with Crippen LogP contribution in [0.25, 0.3) is 0 Å². The third-order valence-corrected chi connectivity index (χ3v) is 3.08. The van der Waals surface area contributed by atoms with Gasteiger partial charge in [0.15, 0.2) is 5.82 Å². The molecule has 110 valence electrons. The molecule has 0 aliphatic rings. The summed E-state index contributed by atoms with van der Waals surface area (Å²) < 4.78 is 5.11. The number of nitrogen functional groups attached to an aromatic ring is 1. The molecule has 5 nitrogen and oxygen atoms in total. The smallest absolute Gasteiger partial charge is 0.308 e. The molecule has 0 saturated carbocycles. The standard InChI is InChI=1S/C16H19N3O2/c1-9-8-13(5-6-14(9)21-12(4)20)19-16-15(17)10(2)7-11(3)18-16/h5-8H,17H2,1-4H3,(H,18,19). The van der Waals surface area contributed by atoms with Crippen molar-refractivity contribution in [2.45, 2.75) is 27.7 Å². The molecule has 0 amide bonds.